The smallest absolute Gasteiger partial charge is 0.390 e. The Morgan fingerprint density at radius 1 is 1.21 bits per heavy atom. The summed E-state index contributed by atoms with van der Waals surface area (Å²) < 4.78 is 48.5. The number of ether oxygens (including phenoxy) is 2. The molecule has 0 radical (unpaired) electrons. The number of hydrogen-bond donors (Lipinski definition) is 0. The van der Waals surface area contributed by atoms with Gasteiger partial charge in [0.05, 0.1) is 25.0 Å². The zero-order valence-corrected chi connectivity index (χ0v) is 12.1. The van der Waals surface area contributed by atoms with E-state index in [1.807, 2.05) is 0 Å². The van der Waals surface area contributed by atoms with Crippen LogP contribution in [0.1, 0.15) is 23.8 Å². The number of alkyl halides is 4. The first kappa shape index (κ1) is 14.8. The summed E-state index contributed by atoms with van der Waals surface area (Å²) in [5.74, 6) is 0.951. The van der Waals surface area contributed by atoms with Crippen molar-refractivity contribution in [2.75, 3.05) is 13.2 Å². The molecule has 0 fully saturated rings. The third-order valence-electron chi connectivity index (χ3n) is 2.61. The molecule has 1 aliphatic rings. The summed E-state index contributed by atoms with van der Waals surface area (Å²) in [6, 6.07) is 3.11. The third kappa shape index (κ3) is 3.92. The van der Waals surface area contributed by atoms with Crippen molar-refractivity contribution in [3.8, 4) is 11.5 Å². The number of hydrogen-bond acceptors (Lipinski definition) is 2. The lowest BCUT2D eigenvalue weighted by molar-refractivity contribution is -0.134. The van der Waals surface area contributed by atoms with Gasteiger partial charge in [0.1, 0.15) is 0 Å². The van der Waals surface area contributed by atoms with Gasteiger partial charge in [-0.25, -0.2) is 0 Å². The molecule has 2 nitrogen and oxygen atoms in total. The summed E-state index contributed by atoms with van der Waals surface area (Å²) in [6.07, 6.45) is -4.67. The molecule has 0 N–H and O–H groups in total. The van der Waals surface area contributed by atoms with Crippen LogP contribution in [0.3, 0.4) is 0 Å². The highest BCUT2D eigenvalue weighted by Crippen LogP contribution is 2.42. The van der Waals surface area contributed by atoms with E-state index in [0.29, 0.717) is 34.7 Å². The van der Waals surface area contributed by atoms with Crippen LogP contribution in [0.2, 0.25) is 0 Å². The molecule has 0 amide bonds. The van der Waals surface area contributed by atoms with Gasteiger partial charge in [-0.3, -0.25) is 0 Å². The van der Waals surface area contributed by atoms with Crippen molar-refractivity contribution < 1.29 is 22.6 Å². The maximum atomic E-state index is 12.4. The van der Waals surface area contributed by atoms with Crippen molar-refractivity contribution in [2.24, 2.45) is 0 Å². The van der Waals surface area contributed by atoms with Gasteiger partial charge >= 0.3 is 6.18 Å². The van der Waals surface area contributed by atoms with E-state index in [4.69, 9.17) is 21.1 Å². The molecule has 1 unspecified atom stereocenters. The molecule has 1 aromatic rings. The Bertz CT molecular complexity index is 465. The molecule has 0 aromatic heterocycles. The monoisotopic (exact) mass is 358 g/mol. The molecule has 0 bridgehead atoms. The van der Waals surface area contributed by atoms with Crippen molar-refractivity contribution >= 4 is 27.5 Å². The van der Waals surface area contributed by atoms with Crippen LogP contribution in [-0.4, -0.2) is 19.4 Å². The van der Waals surface area contributed by atoms with Crippen LogP contribution in [0.25, 0.3) is 0 Å². The first-order valence-corrected chi connectivity index (χ1v) is 6.89. The van der Waals surface area contributed by atoms with E-state index in [1.165, 1.54) is 6.07 Å². The molecule has 0 aliphatic carbocycles. The Kier molecular flexibility index (Phi) is 4.50. The van der Waals surface area contributed by atoms with Gasteiger partial charge in [0.15, 0.2) is 11.5 Å². The molecule has 1 aromatic carbocycles. The zero-order valence-electron chi connectivity index (χ0n) is 9.77. The number of halogens is 5. The van der Waals surface area contributed by atoms with E-state index in [0.717, 1.165) is 6.42 Å². The Morgan fingerprint density at radius 2 is 1.79 bits per heavy atom. The van der Waals surface area contributed by atoms with Crippen molar-refractivity contribution in [3.05, 3.63) is 22.2 Å². The second-order valence-corrected chi connectivity index (χ2v) is 5.54. The SMILES string of the molecule is FC(F)(F)CC(Cl)c1cc2c(cc1Br)OCCCO2. The summed E-state index contributed by atoms with van der Waals surface area (Å²) >= 11 is 9.05. The van der Waals surface area contributed by atoms with E-state index in [2.05, 4.69) is 15.9 Å². The number of rotatable bonds is 2. The highest BCUT2D eigenvalue weighted by Gasteiger charge is 2.33. The molecule has 0 saturated heterocycles. The van der Waals surface area contributed by atoms with Crippen LogP contribution in [-0.2, 0) is 0 Å². The number of benzene rings is 1. The number of fused-ring (bicyclic) bond motifs is 1. The van der Waals surface area contributed by atoms with Gasteiger partial charge in [-0.1, -0.05) is 15.9 Å². The summed E-state index contributed by atoms with van der Waals surface area (Å²) in [6.45, 7) is 0.992. The van der Waals surface area contributed by atoms with Gasteiger partial charge in [0.2, 0.25) is 0 Å². The molecule has 1 heterocycles. The summed E-state index contributed by atoms with van der Waals surface area (Å²) in [5.41, 5.74) is 0.350. The average molecular weight is 360 g/mol. The van der Waals surface area contributed by atoms with Crippen molar-refractivity contribution in [3.63, 3.8) is 0 Å². The van der Waals surface area contributed by atoms with E-state index >= 15 is 0 Å². The Hall–Kier alpha value is -0.620. The third-order valence-corrected chi connectivity index (χ3v) is 3.69. The van der Waals surface area contributed by atoms with E-state index in [9.17, 15) is 13.2 Å². The van der Waals surface area contributed by atoms with Crippen molar-refractivity contribution in [1.82, 2.24) is 0 Å². The maximum absolute atomic E-state index is 12.4. The van der Waals surface area contributed by atoms with Crippen LogP contribution in [0.4, 0.5) is 13.2 Å². The zero-order chi connectivity index (χ0) is 14.0. The molecule has 1 atom stereocenters. The average Bonchev–Trinajstić information content (AvgIpc) is 2.50. The van der Waals surface area contributed by atoms with E-state index < -0.39 is 18.0 Å². The quantitative estimate of drug-likeness (QED) is 0.703. The molecule has 2 rings (SSSR count). The second kappa shape index (κ2) is 5.79. The van der Waals surface area contributed by atoms with Gasteiger partial charge in [-0.2, -0.15) is 13.2 Å². The first-order valence-electron chi connectivity index (χ1n) is 5.66. The predicted octanol–water partition coefficient (Wildman–Crippen LogP) is 4.84. The van der Waals surface area contributed by atoms with Gasteiger partial charge in [0, 0.05) is 10.9 Å². The van der Waals surface area contributed by atoms with E-state index in [-0.39, 0.29) is 0 Å². The summed E-state index contributed by atoms with van der Waals surface area (Å²) in [4.78, 5) is 0. The fraction of sp³-hybridized carbons (Fsp3) is 0.500. The molecule has 0 spiro atoms. The van der Waals surface area contributed by atoms with Crippen LogP contribution in [0.15, 0.2) is 16.6 Å². The Labute approximate surface area is 122 Å². The minimum Gasteiger partial charge on any atom is -0.490 e. The van der Waals surface area contributed by atoms with Gasteiger partial charge in [0.25, 0.3) is 0 Å². The lowest BCUT2D eigenvalue weighted by Gasteiger charge is -2.16. The topological polar surface area (TPSA) is 18.5 Å². The van der Waals surface area contributed by atoms with Crippen LogP contribution < -0.4 is 9.47 Å². The molecule has 1 aliphatic heterocycles. The van der Waals surface area contributed by atoms with Crippen molar-refractivity contribution in [2.45, 2.75) is 24.4 Å². The van der Waals surface area contributed by atoms with Gasteiger partial charge < -0.3 is 9.47 Å². The van der Waals surface area contributed by atoms with Gasteiger partial charge in [-0.05, 0) is 17.7 Å². The lowest BCUT2D eigenvalue weighted by atomic mass is 10.1. The standard InChI is InChI=1S/C12H11BrClF3O2/c13-8-5-11-10(18-2-1-3-19-11)4-7(8)9(14)6-12(15,16)17/h4-5,9H,1-3,6H2. The fourth-order valence-corrected chi connectivity index (χ4v) is 2.84. The fourth-order valence-electron chi connectivity index (χ4n) is 1.75. The molecule has 106 valence electrons. The minimum atomic E-state index is -4.31. The lowest BCUT2D eigenvalue weighted by Crippen LogP contribution is -2.11. The predicted molar refractivity (Wildman–Crippen MR) is 69.0 cm³/mol. The molecule has 7 heteroatoms. The van der Waals surface area contributed by atoms with Gasteiger partial charge in [-0.15, -0.1) is 11.6 Å². The highest BCUT2D eigenvalue weighted by atomic mass is 79.9. The largest absolute Gasteiger partial charge is 0.490 e. The second-order valence-electron chi connectivity index (χ2n) is 4.16. The first-order chi connectivity index (χ1) is 8.87. The van der Waals surface area contributed by atoms with E-state index in [1.54, 1.807) is 6.07 Å². The summed E-state index contributed by atoms with van der Waals surface area (Å²) in [5, 5.41) is -1.16. The Balaban J connectivity index is 2.28. The Morgan fingerprint density at radius 3 is 2.37 bits per heavy atom. The normalized spacial score (nSPS) is 16.9. The maximum Gasteiger partial charge on any atom is 0.390 e. The highest BCUT2D eigenvalue weighted by molar-refractivity contribution is 9.10. The molecular weight excluding hydrogens is 348 g/mol. The molecular formula is C12H11BrClF3O2. The van der Waals surface area contributed by atoms with Crippen LogP contribution in [0.5, 0.6) is 11.5 Å². The summed E-state index contributed by atoms with van der Waals surface area (Å²) in [7, 11) is 0. The van der Waals surface area contributed by atoms with Crippen LogP contribution in [0, 0.1) is 0 Å². The molecule has 19 heavy (non-hydrogen) atoms. The van der Waals surface area contributed by atoms with Crippen molar-refractivity contribution in [1.29, 1.82) is 0 Å². The molecule has 0 saturated carbocycles. The van der Waals surface area contributed by atoms with Crippen LogP contribution >= 0.6 is 27.5 Å². The minimum absolute atomic E-state index is 0.350.